The average Bonchev–Trinajstić information content (AvgIpc) is 2.76. The van der Waals surface area contributed by atoms with Crippen LogP contribution in [0.25, 0.3) is 0 Å². The first-order valence-corrected chi connectivity index (χ1v) is 10.6. The zero-order chi connectivity index (χ0) is 24.0. The molecule has 0 unspecified atom stereocenters. The van der Waals surface area contributed by atoms with E-state index in [-0.39, 0.29) is 0 Å². The molecule has 0 fully saturated rings. The summed E-state index contributed by atoms with van der Waals surface area (Å²) in [6.07, 6.45) is -4.15. The fourth-order valence-electron chi connectivity index (χ4n) is 2.63. The van der Waals surface area contributed by atoms with Crippen molar-refractivity contribution in [2.45, 2.75) is 22.5 Å². The van der Waals surface area contributed by atoms with E-state index >= 15 is 0 Å². The minimum absolute atomic E-state index is 0.479. The molecule has 33 heavy (non-hydrogen) atoms. The summed E-state index contributed by atoms with van der Waals surface area (Å²) in [7, 11) is 0. The number of amides is 1. The Balaban J connectivity index is 1.58. The Morgan fingerprint density at radius 2 is 1.73 bits per heavy atom. The lowest BCUT2D eigenvalue weighted by atomic mass is 10.3. The number of carbonyl (C=O) groups excluding carboxylic acids is 2. The van der Waals surface area contributed by atoms with Crippen molar-refractivity contribution in [1.29, 1.82) is 0 Å². The third-order valence-electron chi connectivity index (χ3n) is 4.18. The number of ether oxygens (including phenoxy) is 1. The van der Waals surface area contributed by atoms with Crippen molar-refractivity contribution in [2.75, 3.05) is 11.9 Å². The Bertz CT molecular complexity index is 1210. The van der Waals surface area contributed by atoms with E-state index in [9.17, 15) is 27.6 Å². The van der Waals surface area contributed by atoms with Crippen molar-refractivity contribution in [3.8, 4) is 0 Å². The number of rotatable bonds is 7. The number of halogens is 4. The predicted octanol–water partition coefficient (Wildman–Crippen LogP) is 4.85. The van der Waals surface area contributed by atoms with E-state index in [1.165, 1.54) is 11.8 Å². The quantitative estimate of drug-likeness (QED) is 0.473. The first-order chi connectivity index (χ1) is 15.6. The number of nitrogens with zero attached hydrogens (tertiary/aromatic N) is 1. The van der Waals surface area contributed by atoms with Gasteiger partial charge in [-0.2, -0.15) is 13.2 Å². The molecule has 0 aliphatic rings. The summed E-state index contributed by atoms with van der Waals surface area (Å²) in [6.45, 7) is -1.44. The average molecular weight is 497 g/mol. The van der Waals surface area contributed by atoms with Crippen LogP contribution in [0.1, 0.15) is 5.56 Å². The van der Waals surface area contributed by atoms with E-state index in [1.54, 1.807) is 36.4 Å². The third kappa shape index (κ3) is 7.13. The number of alkyl halides is 3. The van der Waals surface area contributed by atoms with Crippen LogP contribution in [-0.4, -0.2) is 23.1 Å². The van der Waals surface area contributed by atoms with Crippen molar-refractivity contribution >= 4 is 40.9 Å². The van der Waals surface area contributed by atoms with Crippen molar-refractivity contribution in [3.05, 3.63) is 87.8 Å². The van der Waals surface area contributed by atoms with Crippen molar-refractivity contribution in [1.82, 2.24) is 4.57 Å². The molecule has 3 aromatic rings. The zero-order valence-electron chi connectivity index (χ0n) is 16.8. The molecule has 172 valence electrons. The number of benzene rings is 2. The number of hydrogen-bond donors (Lipinski definition) is 1. The lowest BCUT2D eigenvalue weighted by Gasteiger charge is -2.12. The third-order valence-corrected chi connectivity index (χ3v) is 5.51. The lowest BCUT2D eigenvalue weighted by molar-refractivity contribution is -0.148. The summed E-state index contributed by atoms with van der Waals surface area (Å²) in [4.78, 5) is 37.5. The Kier molecular flexibility index (Phi) is 7.83. The highest BCUT2D eigenvalue weighted by Crippen LogP contribution is 2.34. The van der Waals surface area contributed by atoms with E-state index < -0.39 is 42.3 Å². The van der Waals surface area contributed by atoms with E-state index in [2.05, 4.69) is 5.32 Å². The van der Waals surface area contributed by atoms with Crippen LogP contribution in [0.15, 0.2) is 81.4 Å². The first kappa shape index (κ1) is 24.4. The lowest BCUT2D eigenvalue weighted by Crippen LogP contribution is -2.28. The highest BCUT2D eigenvalue weighted by atomic mass is 35.5. The second kappa shape index (κ2) is 10.6. The molecule has 11 heteroatoms. The molecule has 1 aromatic heterocycles. The molecule has 6 nitrogen and oxygen atoms in total. The maximum Gasteiger partial charge on any atom is 0.417 e. The highest BCUT2D eigenvalue weighted by Gasteiger charge is 2.31. The smallest absolute Gasteiger partial charge is 0.417 e. The van der Waals surface area contributed by atoms with Gasteiger partial charge in [-0.3, -0.25) is 14.4 Å². The van der Waals surface area contributed by atoms with Crippen molar-refractivity contribution in [3.63, 3.8) is 0 Å². The number of para-hydroxylation sites is 1. The number of esters is 1. The van der Waals surface area contributed by atoms with Crippen LogP contribution in [0.4, 0.5) is 18.9 Å². The topological polar surface area (TPSA) is 77.4 Å². The molecular weight excluding hydrogens is 481 g/mol. The summed E-state index contributed by atoms with van der Waals surface area (Å²) in [5.74, 6) is -1.68. The fraction of sp³-hybridized carbons (Fsp3) is 0.136. The molecule has 1 heterocycles. The number of pyridine rings is 1. The largest absolute Gasteiger partial charge is 0.454 e. The van der Waals surface area contributed by atoms with Gasteiger partial charge in [0.15, 0.2) is 6.61 Å². The molecule has 0 spiro atoms. The standard InChI is InChI=1S/C22H16ClF3N2O4S/c23-15-6-8-16(9-7-15)33-18-4-2-1-3-17(18)27-19(29)13-32-21(31)12-28-11-14(22(24,25)26)5-10-20(28)30/h1-11H,12-13H2,(H,27,29). The molecule has 0 aliphatic carbocycles. The minimum Gasteiger partial charge on any atom is -0.454 e. The molecule has 1 N–H and O–H groups in total. The van der Waals surface area contributed by atoms with Crippen molar-refractivity contribution < 1.29 is 27.5 Å². The molecular formula is C22H16ClF3N2O4S. The van der Waals surface area contributed by atoms with Crippen LogP contribution in [0.5, 0.6) is 0 Å². The van der Waals surface area contributed by atoms with Crippen LogP contribution in [0.3, 0.4) is 0 Å². The molecule has 0 saturated heterocycles. The van der Waals surface area contributed by atoms with E-state index in [0.29, 0.717) is 33.6 Å². The minimum atomic E-state index is -4.67. The van der Waals surface area contributed by atoms with E-state index in [0.717, 1.165) is 9.79 Å². The van der Waals surface area contributed by atoms with Gasteiger partial charge in [0.1, 0.15) is 6.54 Å². The van der Waals surface area contributed by atoms with Gasteiger partial charge in [0.05, 0.1) is 11.3 Å². The van der Waals surface area contributed by atoms with Gasteiger partial charge in [0.25, 0.3) is 11.5 Å². The van der Waals surface area contributed by atoms with Crippen molar-refractivity contribution in [2.24, 2.45) is 0 Å². The summed E-state index contributed by atoms with van der Waals surface area (Å²) in [5, 5.41) is 3.21. The zero-order valence-corrected chi connectivity index (χ0v) is 18.3. The van der Waals surface area contributed by atoms with E-state index in [1.807, 2.05) is 12.1 Å². The number of hydrogen-bond acceptors (Lipinski definition) is 5. The Hall–Kier alpha value is -3.24. The van der Waals surface area contributed by atoms with Gasteiger partial charge in [-0.05, 0) is 42.5 Å². The molecule has 0 saturated carbocycles. The maximum atomic E-state index is 12.8. The predicted molar refractivity (Wildman–Crippen MR) is 117 cm³/mol. The molecule has 0 bridgehead atoms. The van der Waals surface area contributed by atoms with Gasteiger partial charge in [-0.1, -0.05) is 35.5 Å². The fourth-order valence-corrected chi connectivity index (χ4v) is 3.66. The van der Waals surface area contributed by atoms with Crippen LogP contribution >= 0.6 is 23.4 Å². The molecule has 0 radical (unpaired) electrons. The Labute approximate surface area is 195 Å². The first-order valence-electron chi connectivity index (χ1n) is 9.37. The Morgan fingerprint density at radius 3 is 2.42 bits per heavy atom. The molecule has 0 atom stereocenters. The molecule has 2 aromatic carbocycles. The number of aromatic nitrogens is 1. The number of carbonyl (C=O) groups is 2. The number of nitrogens with one attached hydrogen (secondary N) is 1. The monoisotopic (exact) mass is 496 g/mol. The second-order valence-corrected chi connectivity index (χ2v) is 8.19. The highest BCUT2D eigenvalue weighted by molar-refractivity contribution is 7.99. The summed E-state index contributed by atoms with van der Waals surface area (Å²) in [5.41, 5.74) is -1.41. The summed E-state index contributed by atoms with van der Waals surface area (Å²) < 4.78 is 43.8. The summed E-state index contributed by atoms with van der Waals surface area (Å²) in [6, 6.07) is 15.4. The molecule has 0 aliphatic heterocycles. The number of anilines is 1. The van der Waals surface area contributed by atoms with Gasteiger partial charge < -0.3 is 14.6 Å². The molecule has 1 amide bonds. The maximum absolute atomic E-state index is 12.8. The Morgan fingerprint density at radius 1 is 1.03 bits per heavy atom. The second-order valence-electron chi connectivity index (χ2n) is 6.64. The van der Waals surface area contributed by atoms with Gasteiger partial charge >= 0.3 is 12.1 Å². The van der Waals surface area contributed by atoms with Crippen LogP contribution < -0.4 is 10.9 Å². The van der Waals surface area contributed by atoms with Gasteiger partial charge in [0.2, 0.25) is 0 Å². The SMILES string of the molecule is O=C(COC(=O)Cn1cc(C(F)(F)F)ccc1=O)Nc1ccccc1Sc1ccc(Cl)cc1. The van der Waals surface area contributed by atoms with Crippen LogP contribution in [0, 0.1) is 0 Å². The van der Waals surface area contributed by atoms with E-state index in [4.69, 9.17) is 16.3 Å². The van der Waals surface area contributed by atoms with Gasteiger partial charge in [0, 0.05) is 27.1 Å². The van der Waals surface area contributed by atoms with Crippen LogP contribution in [-0.2, 0) is 27.0 Å². The molecule has 3 rings (SSSR count). The van der Waals surface area contributed by atoms with Gasteiger partial charge in [-0.25, -0.2) is 0 Å². The summed E-state index contributed by atoms with van der Waals surface area (Å²) >= 11 is 7.27. The van der Waals surface area contributed by atoms with Crippen LogP contribution in [0.2, 0.25) is 5.02 Å². The van der Waals surface area contributed by atoms with Gasteiger partial charge in [-0.15, -0.1) is 0 Å². The normalized spacial score (nSPS) is 11.2.